The van der Waals surface area contributed by atoms with Gasteiger partial charge in [0.15, 0.2) is 0 Å². The lowest BCUT2D eigenvalue weighted by atomic mass is 10.2. The smallest absolute Gasteiger partial charge is 0.418 e. The van der Waals surface area contributed by atoms with E-state index in [-0.39, 0.29) is 0 Å². The van der Waals surface area contributed by atoms with Gasteiger partial charge >= 0.3 is 6.09 Å². The SMILES string of the molecule is COc1ccc(N(/C=C(C)/C=C/S(=O)c2ccc(C)cc2)C(=O)OC(C)(C)C)cc1. The van der Waals surface area contributed by atoms with E-state index >= 15 is 0 Å². The fraction of sp³-hybridized carbons (Fsp3) is 0.292. The highest BCUT2D eigenvalue weighted by molar-refractivity contribution is 7.88. The van der Waals surface area contributed by atoms with Crippen molar-refractivity contribution in [1.29, 1.82) is 0 Å². The average molecular weight is 428 g/mol. The van der Waals surface area contributed by atoms with Crippen molar-refractivity contribution in [2.45, 2.75) is 45.1 Å². The van der Waals surface area contributed by atoms with Crippen molar-refractivity contribution in [3.63, 3.8) is 0 Å². The molecule has 0 saturated heterocycles. The lowest BCUT2D eigenvalue weighted by molar-refractivity contribution is 0.0596. The van der Waals surface area contributed by atoms with Gasteiger partial charge in [0, 0.05) is 16.5 Å². The van der Waals surface area contributed by atoms with Crippen LogP contribution in [-0.4, -0.2) is 23.0 Å². The van der Waals surface area contributed by atoms with E-state index in [0.717, 1.165) is 16.0 Å². The normalized spacial score (nSPS) is 13.2. The fourth-order valence-electron chi connectivity index (χ4n) is 2.45. The molecule has 0 aliphatic rings. The molecule has 1 unspecified atom stereocenters. The van der Waals surface area contributed by atoms with Crippen LogP contribution in [0.15, 0.2) is 76.7 Å². The standard InChI is InChI=1S/C24H29NO4S/c1-18-7-13-22(14-8-18)30(27)16-15-19(2)17-25(23(26)29-24(3,4)5)20-9-11-21(28-6)12-10-20/h7-17H,1-6H3/b16-15+,19-17+. The van der Waals surface area contributed by atoms with Crippen LogP contribution in [0.3, 0.4) is 0 Å². The third-order valence-corrected chi connectivity index (χ3v) is 5.10. The lowest BCUT2D eigenvalue weighted by Gasteiger charge is -2.25. The maximum absolute atomic E-state index is 12.8. The number of aryl methyl sites for hydroxylation is 1. The minimum Gasteiger partial charge on any atom is -0.497 e. The Bertz CT molecular complexity index is 939. The Kier molecular flexibility index (Phi) is 8.00. The number of hydrogen-bond donors (Lipinski definition) is 0. The van der Waals surface area contributed by atoms with Gasteiger partial charge in [0.25, 0.3) is 0 Å². The van der Waals surface area contributed by atoms with Crippen LogP contribution in [0.4, 0.5) is 10.5 Å². The van der Waals surface area contributed by atoms with Crippen LogP contribution >= 0.6 is 0 Å². The third kappa shape index (κ3) is 7.19. The van der Waals surface area contributed by atoms with Crippen molar-refractivity contribution in [2.24, 2.45) is 0 Å². The maximum atomic E-state index is 12.8. The van der Waals surface area contributed by atoms with Crippen molar-refractivity contribution in [3.8, 4) is 5.75 Å². The van der Waals surface area contributed by atoms with Crippen LogP contribution in [0.5, 0.6) is 5.75 Å². The summed E-state index contributed by atoms with van der Waals surface area (Å²) in [5.74, 6) is 0.692. The van der Waals surface area contributed by atoms with Gasteiger partial charge in [-0.1, -0.05) is 17.7 Å². The van der Waals surface area contributed by atoms with Gasteiger partial charge in [0.2, 0.25) is 0 Å². The molecule has 0 N–H and O–H groups in total. The number of benzene rings is 2. The average Bonchev–Trinajstić information content (AvgIpc) is 2.69. The molecule has 5 nitrogen and oxygen atoms in total. The predicted octanol–water partition coefficient (Wildman–Crippen LogP) is 5.97. The molecule has 30 heavy (non-hydrogen) atoms. The van der Waals surface area contributed by atoms with E-state index in [1.165, 1.54) is 4.90 Å². The zero-order valence-electron chi connectivity index (χ0n) is 18.3. The van der Waals surface area contributed by atoms with Crippen molar-refractivity contribution >= 4 is 22.6 Å². The highest BCUT2D eigenvalue weighted by atomic mass is 32.2. The molecule has 1 atom stereocenters. The Morgan fingerprint density at radius 1 is 1.03 bits per heavy atom. The van der Waals surface area contributed by atoms with E-state index in [1.807, 2.05) is 58.9 Å². The van der Waals surface area contributed by atoms with Gasteiger partial charge in [0.1, 0.15) is 11.4 Å². The van der Waals surface area contributed by atoms with Gasteiger partial charge in [-0.05, 0) is 82.7 Å². The van der Waals surface area contributed by atoms with Gasteiger partial charge in [-0.2, -0.15) is 0 Å². The van der Waals surface area contributed by atoms with Gasteiger partial charge in [-0.25, -0.2) is 9.00 Å². The summed E-state index contributed by atoms with van der Waals surface area (Å²) in [5.41, 5.74) is 1.87. The molecule has 0 aliphatic carbocycles. The van der Waals surface area contributed by atoms with E-state index in [2.05, 4.69) is 0 Å². The monoisotopic (exact) mass is 427 g/mol. The van der Waals surface area contributed by atoms with Crippen molar-refractivity contribution in [3.05, 3.63) is 77.4 Å². The zero-order valence-corrected chi connectivity index (χ0v) is 19.2. The first-order valence-electron chi connectivity index (χ1n) is 9.59. The summed E-state index contributed by atoms with van der Waals surface area (Å²) in [6.45, 7) is 9.28. The van der Waals surface area contributed by atoms with Crippen LogP contribution in [0, 0.1) is 6.92 Å². The molecule has 2 rings (SSSR count). The quantitative estimate of drug-likeness (QED) is 0.533. The number of methoxy groups -OCH3 is 1. The number of carbonyl (C=O) groups is 1. The molecule has 1 amide bonds. The van der Waals surface area contributed by atoms with Crippen LogP contribution in [0.2, 0.25) is 0 Å². The number of anilines is 1. The molecular weight excluding hydrogens is 398 g/mol. The van der Waals surface area contributed by atoms with Gasteiger partial charge < -0.3 is 9.47 Å². The zero-order chi connectivity index (χ0) is 22.3. The second kappa shape index (κ2) is 10.3. The summed E-state index contributed by atoms with van der Waals surface area (Å²) in [6.07, 6.45) is 2.90. The van der Waals surface area contributed by atoms with Gasteiger partial charge in [0.05, 0.1) is 23.6 Å². The van der Waals surface area contributed by atoms with Crippen molar-refractivity contribution in [2.75, 3.05) is 12.0 Å². The largest absolute Gasteiger partial charge is 0.497 e. The Morgan fingerprint density at radius 3 is 2.17 bits per heavy atom. The first-order valence-corrected chi connectivity index (χ1v) is 10.8. The molecule has 0 fully saturated rings. The number of allylic oxidation sites excluding steroid dienone is 2. The van der Waals surface area contributed by atoms with Gasteiger partial charge in [-0.3, -0.25) is 4.90 Å². The van der Waals surface area contributed by atoms with Crippen LogP contribution in [-0.2, 0) is 15.5 Å². The highest BCUT2D eigenvalue weighted by Gasteiger charge is 2.22. The Labute approximate surface area is 181 Å². The van der Waals surface area contributed by atoms with Gasteiger partial charge in [-0.15, -0.1) is 0 Å². The summed E-state index contributed by atoms with van der Waals surface area (Å²) in [6, 6.07) is 14.7. The summed E-state index contributed by atoms with van der Waals surface area (Å²) in [7, 11) is 0.312. The molecule has 0 heterocycles. The molecule has 2 aromatic carbocycles. The molecule has 0 saturated carbocycles. The Hall–Kier alpha value is -2.86. The molecule has 6 heteroatoms. The van der Waals surface area contributed by atoms with Crippen molar-refractivity contribution < 1.29 is 18.5 Å². The van der Waals surface area contributed by atoms with Crippen LogP contribution in [0.25, 0.3) is 0 Å². The minimum absolute atomic E-state index is 0.500. The molecule has 160 valence electrons. The maximum Gasteiger partial charge on any atom is 0.418 e. The molecule has 0 radical (unpaired) electrons. The molecule has 0 spiro atoms. The number of nitrogens with zero attached hydrogens (tertiary/aromatic N) is 1. The van der Waals surface area contributed by atoms with E-state index in [0.29, 0.717) is 11.4 Å². The topological polar surface area (TPSA) is 55.8 Å². The lowest BCUT2D eigenvalue weighted by Crippen LogP contribution is -2.33. The number of ether oxygens (including phenoxy) is 2. The van der Waals surface area contributed by atoms with Crippen molar-refractivity contribution in [1.82, 2.24) is 0 Å². The Morgan fingerprint density at radius 2 is 1.63 bits per heavy atom. The fourth-order valence-corrected chi connectivity index (χ4v) is 3.35. The number of carbonyl (C=O) groups excluding carboxylic acids is 1. The predicted molar refractivity (Wildman–Crippen MR) is 122 cm³/mol. The summed E-state index contributed by atoms with van der Waals surface area (Å²) < 4.78 is 23.2. The van der Waals surface area contributed by atoms with E-state index < -0.39 is 22.5 Å². The Balaban J connectivity index is 2.27. The molecular formula is C24H29NO4S. The second-order valence-electron chi connectivity index (χ2n) is 7.83. The summed E-state index contributed by atoms with van der Waals surface area (Å²) >= 11 is 0. The molecule has 0 bridgehead atoms. The number of rotatable bonds is 6. The first kappa shape index (κ1) is 23.4. The molecule has 2 aromatic rings. The highest BCUT2D eigenvalue weighted by Crippen LogP contribution is 2.23. The van der Waals surface area contributed by atoms with E-state index in [4.69, 9.17) is 9.47 Å². The second-order valence-corrected chi connectivity index (χ2v) is 9.17. The molecule has 0 aromatic heterocycles. The van der Waals surface area contributed by atoms with E-state index in [9.17, 15) is 9.00 Å². The van der Waals surface area contributed by atoms with Crippen LogP contribution in [0.1, 0.15) is 33.3 Å². The first-order chi connectivity index (χ1) is 14.1. The number of amides is 1. The third-order valence-electron chi connectivity index (χ3n) is 3.98. The van der Waals surface area contributed by atoms with E-state index in [1.54, 1.807) is 49.1 Å². The van der Waals surface area contributed by atoms with Crippen LogP contribution < -0.4 is 9.64 Å². The number of hydrogen-bond acceptors (Lipinski definition) is 4. The summed E-state index contributed by atoms with van der Waals surface area (Å²) in [5, 5.41) is 1.61. The minimum atomic E-state index is -1.28. The molecule has 0 aliphatic heterocycles. The summed E-state index contributed by atoms with van der Waals surface area (Å²) in [4.78, 5) is 14.9.